The van der Waals surface area contributed by atoms with E-state index in [9.17, 15) is 9.90 Å². The first-order valence-electron chi connectivity index (χ1n) is 4.07. The summed E-state index contributed by atoms with van der Waals surface area (Å²) >= 11 is 0. The Morgan fingerprint density at radius 2 is 2.42 bits per heavy atom. The van der Waals surface area contributed by atoms with E-state index in [0.717, 1.165) is 6.42 Å². The Labute approximate surface area is 71.1 Å². The molecule has 0 aliphatic carbocycles. The van der Waals surface area contributed by atoms with Crippen molar-refractivity contribution >= 4 is 5.78 Å². The van der Waals surface area contributed by atoms with E-state index in [1.165, 1.54) is 0 Å². The van der Waals surface area contributed by atoms with Gasteiger partial charge in [0.1, 0.15) is 0 Å². The Hall–Kier alpha value is -0.490. The van der Waals surface area contributed by atoms with E-state index in [1.807, 2.05) is 0 Å². The van der Waals surface area contributed by atoms with Crippen LogP contribution in [0.3, 0.4) is 0 Å². The number of carbonyl (C=O) groups is 1. The molecule has 1 aliphatic rings. The average molecular weight is 173 g/mol. The maximum absolute atomic E-state index is 11.4. The topological polar surface area (TPSA) is 101 Å². The summed E-state index contributed by atoms with van der Waals surface area (Å²) in [5, 5.41) is 12.4. The van der Waals surface area contributed by atoms with Gasteiger partial charge >= 0.3 is 0 Å². The Morgan fingerprint density at radius 3 is 2.83 bits per heavy atom. The largest absolute Gasteiger partial charge is 0.369 e. The van der Waals surface area contributed by atoms with Crippen molar-refractivity contribution in [1.29, 1.82) is 0 Å². The lowest BCUT2D eigenvalue weighted by atomic mass is 10.0. The number of aliphatic hydroxyl groups is 1. The zero-order valence-corrected chi connectivity index (χ0v) is 6.92. The molecule has 0 spiro atoms. The molecule has 1 fully saturated rings. The lowest BCUT2D eigenvalue weighted by molar-refractivity contribution is -0.140. The van der Waals surface area contributed by atoms with E-state index >= 15 is 0 Å². The molecule has 1 rings (SSSR count). The van der Waals surface area contributed by atoms with E-state index in [0.29, 0.717) is 13.0 Å². The molecule has 1 heterocycles. The van der Waals surface area contributed by atoms with Gasteiger partial charge in [-0.3, -0.25) is 10.1 Å². The molecule has 0 bridgehead atoms. The van der Waals surface area contributed by atoms with Gasteiger partial charge in [-0.25, -0.2) is 0 Å². The molecular weight excluding hydrogens is 158 g/mol. The zero-order chi connectivity index (χ0) is 9.19. The highest BCUT2D eigenvalue weighted by Crippen LogP contribution is 2.17. The lowest BCUT2D eigenvalue weighted by Gasteiger charge is -2.23. The van der Waals surface area contributed by atoms with Crippen molar-refractivity contribution in [3.05, 3.63) is 0 Å². The monoisotopic (exact) mass is 173 g/mol. The van der Waals surface area contributed by atoms with E-state index < -0.39 is 17.6 Å². The zero-order valence-electron chi connectivity index (χ0n) is 6.92. The third-order valence-electron chi connectivity index (χ3n) is 2.13. The molecule has 1 aliphatic heterocycles. The van der Waals surface area contributed by atoms with Crippen LogP contribution in [-0.4, -0.2) is 35.7 Å². The van der Waals surface area contributed by atoms with Crippen LogP contribution in [0.5, 0.6) is 0 Å². The van der Waals surface area contributed by atoms with E-state index in [4.69, 9.17) is 11.5 Å². The van der Waals surface area contributed by atoms with Gasteiger partial charge in [-0.05, 0) is 19.4 Å². The molecule has 0 aromatic heterocycles. The second-order valence-electron chi connectivity index (χ2n) is 3.10. The second kappa shape index (κ2) is 3.49. The summed E-state index contributed by atoms with van der Waals surface area (Å²) in [6.45, 7) is 0.725. The Kier molecular flexibility index (Phi) is 2.79. The van der Waals surface area contributed by atoms with Crippen molar-refractivity contribution in [3.63, 3.8) is 0 Å². The molecule has 12 heavy (non-hydrogen) atoms. The van der Waals surface area contributed by atoms with Crippen LogP contribution in [-0.2, 0) is 4.79 Å². The fraction of sp³-hybridized carbons (Fsp3) is 0.857. The van der Waals surface area contributed by atoms with E-state index in [-0.39, 0.29) is 6.54 Å². The van der Waals surface area contributed by atoms with Crippen molar-refractivity contribution in [2.45, 2.75) is 24.6 Å². The first-order chi connectivity index (χ1) is 5.60. The van der Waals surface area contributed by atoms with Gasteiger partial charge in [0, 0.05) is 6.54 Å². The predicted octanol–water partition coefficient (Wildman–Crippen LogP) is -2.09. The van der Waals surface area contributed by atoms with Crippen LogP contribution in [0.1, 0.15) is 12.8 Å². The van der Waals surface area contributed by atoms with Crippen LogP contribution in [0.25, 0.3) is 0 Å². The molecule has 0 aromatic rings. The van der Waals surface area contributed by atoms with Gasteiger partial charge in [0.15, 0.2) is 11.5 Å². The van der Waals surface area contributed by atoms with Crippen LogP contribution < -0.4 is 16.8 Å². The summed E-state index contributed by atoms with van der Waals surface area (Å²) in [7, 11) is 0. The summed E-state index contributed by atoms with van der Waals surface area (Å²) in [5.74, 6) is -0.400. The molecule has 6 N–H and O–H groups in total. The number of hydrogen-bond acceptors (Lipinski definition) is 5. The summed E-state index contributed by atoms with van der Waals surface area (Å²) in [6.07, 6.45) is 1.22. The maximum Gasteiger partial charge on any atom is 0.197 e. The van der Waals surface area contributed by atoms with Crippen molar-refractivity contribution in [2.75, 3.05) is 13.1 Å². The van der Waals surface area contributed by atoms with E-state index in [2.05, 4.69) is 5.32 Å². The first-order valence-corrected chi connectivity index (χ1v) is 4.07. The van der Waals surface area contributed by atoms with Gasteiger partial charge in [-0.1, -0.05) is 0 Å². The molecule has 0 aromatic carbocycles. The number of nitrogens with one attached hydrogen (secondary N) is 1. The minimum absolute atomic E-state index is 0.0722. The molecule has 0 amide bonds. The molecule has 1 saturated heterocycles. The summed E-state index contributed by atoms with van der Waals surface area (Å²) < 4.78 is 0. The maximum atomic E-state index is 11.4. The minimum atomic E-state index is -1.42. The Balaban J connectivity index is 2.61. The number of ketones is 1. The fourth-order valence-corrected chi connectivity index (χ4v) is 1.35. The van der Waals surface area contributed by atoms with Gasteiger partial charge < -0.3 is 16.6 Å². The van der Waals surface area contributed by atoms with Crippen LogP contribution in [0, 0.1) is 0 Å². The van der Waals surface area contributed by atoms with Crippen LogP contribution in [0.15, 0.2) is 0 Å². The standard InChI is InChI=1S/C7H15N3O2/c8-4-5(9)6(11)7(12)2-1-3-10-7/h5,10,12H,1-4,8-9H2. The smallest absolute Gasteiger partial charge is 0.197 e. The van der Waals surface area contributed by atoms with Gasteiger partial charge in [-0.2, -0.15) is 0 Å². The summed E-state index contributed by atoms with van der Waals surface area (Å²) in [6, 6.07) is -0.763. The normalized spacial score (nSPS) is 31.9. The van der Waals surface area contributed by atoms with Crippen LogP contribution in [0.4, 0.5) is 0 Å². The number of hydrogen-bond donors (Lipinski definition) is 4. The number of rotatable bonds is 3. The first kappa shape index (κ1) is 9.60. The molecule has 2 unspecified atom stereocenters. The van der Waals surface area contributed by atoms with Gasteiger partial charge in [0.2, 0.25) is 0 Å². The second-order valence-corrected chi connectivity index (χ2v) is 3.10. The fourth-order valence-electron chi connectivity index (χ4n) is 1.35. The van der Waals surface area contributed by atoms with Crippen molar-refractivity contribution < 1.29 is 9.90 Å². The third kappa shape index (κ3) is 1.64. The molecule has 5 nitrogen and oxygen atoms in total. The molecule has 0 radical (unpaired) electrons. The van der Waals surface area contributed by atoms with E-state index in [1.54, 1.807) is 0 Å². The number of carbonyl (C=O) groups excluding carboxylic acids is 1. The third-order valence-corrected chi connectivity index (χ3v) is 2.13. The van der Waals surface area contributed by atoms with Crippen molar-refractivity contribution in [3.8, 4) is 0 Å². The quantitative estimate of drug-likeness (QED) is 0.392. The molecule has 5 heteroatoms. The predicted molar refractivity (Wildman–Crippen MR) is 44.2 cm³/mol. The Morgan fingerprint density at radius 1 is 1.75 bits per heavy atom. The van der Waals surface area contributed by atoms with Gasteiger partial charge in [0.25, 0.3) is 0 Å². The van der Waals surface area contributed by atoms with Crippen molar-refractivity contribution in [2.24, 2.45) is 11.5 Å². The van der Waals surface area contributed by atoms with Crippen LogP contribution >= 0.6 is 0 Å². The summed E-state index contributed by atoms with van der Waals surface area (Å²) in [4.78, 5) is 11.4. The molecule has 70 valence electrons. The summed E-state index contributed by atoms with van der Waals surface area (Å²) in [5.41, 5.74) is 9.20. The van der Waals surface area contributed by atoms with Gasteiger partial charge in [-0.15, -0.1) is 0 Å². The highest BCUT2D eigenvalue weighted by molar-refractivity contribution is 5.91. The van der Waals surface area contributed by atoms with Crippen LogP contribution in [0.2, 0.25) is 0 Å². The minimum Gasteiger partial charge on any atom is -0.369 e. The highest BCUT2D eigenvalue weighted by Gasteiger charge is 2.40. The van der Waals surface area contributed by atoms with Gasteiger partial charge in [0.05, 0.1) is 6.04 Å². The average Bonchev–Trinajstić information content (AvgIpc) is 2.50. The SMILES string of the molecule is NCC(N)C(=O)C1(O)CCCN1. The van der Waals surface area contributed by atoms with Crippen molar-refractivity contribution in [1.82, 2.24) is 5.32 Å². The number of Topliss-reactive ketones (excluding diaryl/α,β-unsaturated/α-hetero) is 1. The molecule has 2 atom stereocenters. The highest BCUT2D eigenvalue weighted by atomic mass is 16.3. The lowest BCUT2D eigenvalue weighted by Crippen LogP contribution is -2.56. The molecule has 0 saturated carbocycles. The number of nitrogens with two attached hydrogens (primary N) is 2. The Bertz CT molecular complexity index is 177. The molecular formula is C7H15N3O2.